The zero-order valence-electron chi connectivity index (χ0n) is 21.1. The summed E-state index contributed by atoms with van der Waals surface area (Å²) in [6, 6.07) is 3.41. The van der Waals surface area contributed by atoms with Crippen molar-refractivity contribution in [1.29, 1.82) is 0 Å². The van der Waals surface area contributed by atoms with Gasteiger partial charge in [0, 0.05) is 48.9 Å². The lowest BCUT2D eigenvalue weighted by atomic mass is 10.1. The van der Waals surface area contributed by atoms with Crippen LogP contribution in [0.5, 0.6) is 0 Å². The number of amides is 1. The van der Waals surface area contributed by atoms with Gasteiger partial charge in [0.2, 0.25) is 5.95 Å². The van der Waals surface area contributed by atoms with Crippen LogP contribution in [0.15, 0.2) is 36.9 Å². The summed E-state index contributed by atoms with van der Waals surface area (Å²) >= 11 is 0. The Morgan fingerprint density at radius 3 is 2.95 bits per heavy atom. The normalized spacial score (nSPS) is 19.7. The molecule has 4 aromatic heterocycles. The number of carbonyl (C=O) groups is 1. The number of ether oxygens (including phenoxy) is 2. The van der Waals surface area contributed by atoms with Crippen molar-refractivity contribution in [3.63, 3.8) is 0 Å². The molecule has 5 heterocycles. The third-order valence-electron chi connectivity index (χ3n) is 5.76. The first-order chi connectivity index (χ1) is 17.8. The van der Waals surface area contributed by atoms with Gasteiger partial charge in [-0.3, -0.25) is 14.2 Å². The molecule has 1 aliphatic heterocycles. The van der Waals surface area contributed by atoms with Gasteiger partial charge >= 0.3 is 6.09 Å². The predicted octanol–water partition coefficient (Wildman–Crippen LogP) is 3.63. The van der Waals surface area contributed by atoms with E-state index in [-0.39, 0.29) is 12.6 Å². The summed E-state index contributed by atoms with van der Waals surface area (Å²) in [4.78, 5) is 21.0. The third kappa shape index (κ3) is 5.40. The molecule has 4 aromatic rings. The van der Waals surface area contributed by atoms with Gasteiger partial charge in [0.1, 0.15) is 11.8 Å². The molecule has 1 fully saturated rings. The van der Waals surface area contributed by atoms with Gasteiger partial charge in [0.05, 0.1) is 24.2 Å². The number of aromatic amines is 1. The molecule has 3 N–H and O–H groups in total. The lowest BCUT2D eigenvalue weighted by Gasteiger charge is -2.16. The molecule has 0 unspecified atom stereocenters. The number of nitrogens with zero attached hydrogens (tertiary/aromatic N) is 6. The van der Waals surface area contributed by atoms with Gasteiger partial charge < -0.3 is 20.1 Å². The van der Waals surface area contributed by atoms with E-state index < -0.39 is 24.5 Å². The van der Waals surface area contributed by atoms with Crippen LogP contribution in [0.3, 0.4) is 0 Å². The topological polar surface area (TPSA) is 136 Å². The van der Waals surface area contributed by atoms with Crippen molar-refractivity contribution in [1.82, 2.24) is 39.7 Å². The molecule has 12 nitrogen and oxygen atoms in total. The van der Waals surface area contributed by atoms with E-state index in [4.69, 9.17) is 14.5 Å². The largest absolute Gasteiger partial charge is 0.441 e. The van der Waals surface area contributed by atoms with Crippen LogP contribution in [0.4, 0.5) is 21.0 Å². The summed E-state index contributed by atoms with van der Waals surface area (Å²) in [5, 5.41) is 17.3. The van der Waals surface area contributed by atoms with Crippen molar-refractivity contribution in [3.05, 3.63) is 42.6 Å². The lowest BCUT2D eigenvalue weighted by molar-refractivity contribution is 0.0615. The van der Waals surface area contributed by atoms with Crippen LogP contribution >= 0.6 is 0 Å². The van der Waals surface area contributed by atoms with Crippen LogP contribution in [0.2, 0.25) is 0 Å². The second-order valence-corrected chi connectivity index (χ2v) is 9.74. The Morgan fingerprint density at radius 1 is 1.32 bits per heavy atom. The van der Waals surface area contributed by atoms with Crippen molar-refractivity contribution in [2.45, 2.75) is 58.7 Å². The SMILES string of the molecule is CC(C)Cn1cc(-c2cc3nccn3c(Nc3cc([C@@H]4OC[C@H](OC(=O)NC(C)C)[C@H]4F)[nH]n3)n2)cn1. The van der Waals surface area contributed by atoms with Gasteiger partial charge in [-0.1, -0.05) is 13.8 Å². The van der Waals surface area contributed by atoms with E-state index in [1.807, 2.05) is 16.9 Å². The number of aromatic nitrogens is 7. The third-order valence-corrected chi connectivity index (χ3v) is 5.76. The average Bonchev–Trinajstić information content (AvgIpc) is 3.61. The Morgan fingerprint density at radius 2 is 2.16 bits per heavy atom. The highest BCUT2D eigenvalue weighted by atomic mass is 19.1. The molecule has 0 aromatic carbocycles. The second kappa shape index (κ2) is 10.2. The van der Waals surface area contributed by atoms with Crippen LogP contribution in [-0.2, 0) is 16.0 Å². The quantitative estimate of drug-likeness (QED) is 0.326. The molecule has 0 aliphatic carbocycles. The van der Waals surface area contributed by atoms with E-state index >= 15 is 4.39 Å². The Hall–Kier alpha value is -4.00. The van der Waals surface area contributed by atoms with Crippen molar-refractivity contribution in [3.8, 4) is 11.3 Å². The molecule has 3 atom stereocenters. The number of alkyl halides is 1. The first-order valence-electron chi connectivity index (χ1n) is 12.2. The molecule has 0 bridgehead atoms. The van der Waals surface area contributed by atoms with Gasteiger partial charge in [0.25, 0.3) is 0 Å². The first kappa shape index (κ1) is 24.7. The number of imidazole rings is 1. The first-order valence-corrected chi connectivity index (χ1v) is 12.2. The maximum Gasteiger partial charge on any atom is 0.407 e. The van der Waals surface area contributed by atoms with Crippen molar-refractivity contribution >= 4 is 23.5 Å². The zero-order valence-corrected chi connectivity index (χ0v) is 21.1. The van der Waals surface area contributed by atoms with Crippen molar-refractivity contribution in [2.75, 3.05) is 11.9 Å². The average molecular weight is 512 g/mol. The second-order valence-electron chi connectivity index (χ2n) is 9.74. The molecule has 5 rings (SSSR count). The van der Waals surface area contributed by atoms with Gasteiger partial charge in [-0.25, -0.2) is 19.2 Å². The van der Waals surface area contributed by atoms with E-state index in [1.165, 1.54) is 0 Å². The van der Waals surface area contributed by atoms with Gasteiger partial charge in [0.15, 0.2) is 18.1 Å². The van der Waals surface area contributed by atoms with Crippen LogP contribution in [0.1, 0.15) is 39.5 Å². The fourth-order valence-corrected chi connectivity index (χ4v) is 4.14. The summed E-state index contributed by atoms with van der Waals surface area (Å²) in [5.74, 6) is 1.37. The molecule has 13 heteroatoms. The van der Waals surface area contributed by atoms with Crippen LogP contribution < -0.4 is 10.6 Å². The molecule has 196 valence electrons. The highest BCUT2D eigenvalue weighted by molar-refractivity contribution is 5.68. The standard InChI is InChI=1S/C24H30FN9O3/c1-13(2)10-33-11-15(9-27-33)16-8-20-26-5-6-34(20)23(29-16)30-19-7-17(31-32-19)22-21(25)18(12-36-22)37-24(35)28-14(3)4/h5-9,11,13-14,18,21-22H,10,12H2,1-4H3,(H,28,35)(H2,29,30,31,32)/t18-,21+,22-/m0/s1. The van der Waals surface area contributed by atoms with E-state index in [0.717, 1.165) is 12.1 Å². The number of rotatable bonds is 8. The smallest absolute Gasteiger partial charge is 0.407 e. The minimum Gasteiger partial charge on any atom is -0.441 e. The Labute approximate surface area is 212 Å². The number of hydrogen-bond donors (Lipinski definition) is 3. The van der Waals surface area contributed by atoms with E-state index in [0.29, 0.717) is 34.7 Å². The number of anilines is 2. The maximum atomic E-state index is 15.0. The minimum atomic E-state index is -1.55. The Bertz CT molecular complexity index is 1380. The summed E-state index contributed by atoms with van der Waals surface area (Å²) in [6.45, 7) is 8.61. The Balaban J connectivity index is 1.32. The molecule has 1 amide bonds. The monoisotopic (exact) mass is 511 g/mol. The van der Waals surface area contributed by atoms with E-state index in [1.54, 1.807) is 42.9 Å². The van der Waals surface area contributed by atoms with Crippen LogP contribution in [0.25, 0.3) is 16.9 Å². The van der Waals surface area contributed by atoms with Crippen molar-refractivity contribution < 1.29 is 18.7 Å². The number of alkyl carbamates (subject to hydrolysis) is 1. The van der Waals surface area contributed by atoms with Gasteiger partial charge in [-0.05, 0) is 19.8 Å². The number of halogens is 1. The molecular formula is C24H30FN9O3. The number of hydrogen-bond acceptors (Lipinski definition) is 8. The summed E-state index contributed by atoms with van der Waals surface area (Å²) in [7, 11) is 0. The lowest BCUT2D eigenvalue weighted by Crippen LogP contribution is -2.36. The molecule has 37 heavy (non-hydrogen) atoms. The molecule has 0 saturated carbocycles. The fraction of sp³-hybridized carbons (Fsp3) is 0.458. The van der Waals surface area contributed by atoms with Crippen LogP contribution in [-0.4, -0.2) is 65.4 Å². The van der Waals surface area contributed by atoms with Gasteiger partial charge in [-0.15, -0.1) is 0 Å². The molecular weight excluding hydrogens is 481 g/mol. The van der Waals surface area contributed by atoms with Crippen LogP contribution in [0, 0.1) is 5.92 Å². The molecule has 1 aliphatic rings. The zero-order chi connectivity index (χ0) is 26.1. The van der Waals surface area contributed by atoms with Gasteiger partial charge in [-0.2, -0.15) is 10.2 Å². The number of nitrogens with one attached hydrogen (secondary N) is 3. The minimum absolute atomic E-state index is 0.0527. The highest BCUT2D eigenvalue weighted by Gasteiger charge is 2.42. The fourth-order valence-electron chi connectivity index (χ4n) is 4.14. The molecule has 0 spiro atoms. The summed E-state index contributed by atoms with van der Waals surface area (Å²) in [6.07, 6.45) is 3.02. The Kier molecular flexibility index (Phi) is 6.78. The summed E-state index contributed by atoms with van der Waals surface area (Å²) < 4.78 is 29.5. The molecule has 0 radical (unpaired) electrons. The predicted molar refractivity (Wildman–Crippen MR) is 133 cm³/mol. The number of fused-ring (bicyclic) bond motifs is 1. The van der Waals surface area contributed by atoms with E-state index in [2.05, 4.69) is 44.8 Å². The highest BCUT2D eigenvalue weighted by Crippen LogP contribution is 2.33. The summed E-state index contributed by atoms with van der Waals surface area (Å²) in [5.41, 5.74) is 2.68. The number of H-pyrrole nitrogens is 1. The number of carbonyl (C=O) groups excluding carboxylic acids is 1. The van der Waals surface area contributed by atoms with E-state index in [9.17, 15) is 4.79 Å². The van der Waals surface area contributed by atoms with Crippen molar-refractivity contribution in [2.24, 2.45) is 5.92 Å². The maximum absolute atomic E-state index is 15.0. The molecule has 1 saturated heterocycles.